The molecule has 3 aliphatic rings. The Morgan fingerprint density at radius 2 is 1.97 bits per heavy atom. The standard InChI is InChI=1S/C28H30N6O4/c29-15-18-2-3-22(30-16-18)19-12-21-24(35)23(26(36)32-20-13-28(14-20)4-1-5-28)27(37)34(25(21)31-17-19)7-6-33-8-10-38-11-9-33/h2-3,12,16-17,20,35H,1,4-11,13-14H2,(H,32,36). The van der Waals surface area contributed by atoms with Crippen molar-refractivity contribution < 1.29 is 14.6 Å². The molecule has 1 spiro atoms. The summed E-state index contributed by atoms with van der Waals surface area (Å²) < 4.78 is 6.92. The SMILES string of the molecule is N#Cc1ccc(-c2cnc3c(c2)c(O)c(C(=O)NC2CC4(CCC4)C2)c(=O)n3CCN2CCOCC2)nc1. The molecule has 0 radical (unpaired) electrons. The zero-order valence-electron chi connectivity index (χ0n) is 21.2. The van der Waals surface area contributed by atoms with E-state index >= 15 is 0 Å². The van der Waals surface area contributed by atoms with Crippen LogP contribution in [0.2, 0.25) is 0 Å². The number of carbonyl (C=O) groups is 1. The number of pyridine rings is 3. The number of rotatable bonds is 6. The maximum atomic E-state index is 13.6. The summed E-state index contributed by atoms with van der Waals surface area (Å²) in [5.41, 5.74) is 1.49. The molecule has 196 valence electrons. The predicted octanol–water partition coefficient (Wildman–Crippen LogP) is 2.43. The fourth-order valence-corrected chi connectivity index (χ4v) is 5.99. The molecule has 2 N–H and O–H groups in total. The van der Waals surface area contributed by atoms with Gasteiger partial charge in [-0.25, -0.2) is 4.98 Å². The van der Waals surface area contributed by atoms with Crippen LogP contribution in [0, 0.1) is 16.7 Å². The van der Waals surface area contributed by atoms with Crippen LogP contribution < -0.4 is 10.9 Å². The Morgan fingerprint density at radius 3 is 2.63 bits per heavy atom. The molecule has 4 heterocycles. The van der Waals surface area contributed by atoms with Crippen molar-refractivity contribution >= 4 is 16.9 Å². The molecule has 3 aromatic rings. The van der Waals surface area contributed by atoms with Crippen LogP contribution >= 0.6 is 0 Å². The third-order valence-corrected chi connectivity index (χ3v) is 8.34. The fraction of sp³-hybridized carbons (Fsp3) is 0.464. The highest BCUT2D eigenvalue weighted by Gasteiger charge is 2.48. The minimum Gasteiger partial charge on any atom is -0.506 e. The van der Waals surface area contributed by atoms with Crippen molar-refractivity contribution in [2.75, 3.05) is 32.8 Å². The van der Waals surface area contributed by atoms with E-state index in [4.69, 9.17) is 10.00 Å². The van der Waals surface area contributed by atoms with E-state index in [1.807, 2.05) is 6.07 Å². The van der Waals surface area contributed by atoms with E-state index in [1.54, 1.807) is 24.4 Å². The molecule has 1 saturated heterocycles. The van der Waals surface area contributed by atoms with Crippen LogP contribution in [0.3, 0.4) is 0 Å². The zero-order chi connectivity index (χ0) is 26.3. The lowest BCUT2D eigenvalue weighted by molar-refractivity contribution is -0.000679. The molecule has 0 bridgehead atoms. The normalized spacial score (nSPS) is 19.0. The van der Waals surface area contributed by atoms with Gasteiger partial charge in [0, 0.05) is 50.2 Å². The van der Waals surface area contributed by atoms with Crippen LogP contribution in [0.5, 0.6) is 5.75 Å². The summed E-state index contributed by atoms with van der Waals surface area (Å²) in [6, 6.07) is 7.12. The summed E-state index contributed by atoms with van der Waals surface area (Å²) in [7, 11) is 0. The van der Waals surface area contributed by atoms with E-state index in [2.05, 4.69) is 20.2 Å². The van der Waals surface area contributed by atoms with Gasteiger partial charge in [-0.2, -0.15) is 5.26 Å². The minimum atomic E-state index is -0.546. The van der Waals surface area contributed by atoms with E-state index < -0.39 is 11.5 Å². The number of nitrogens with zero attached hydrogens (tertiary/aromatic N) is 5. The van der Waals surface area contributed by atoms with E-state index in [-0.39, 0.29) is 17.4 Å². The number of fused-ring (bicyclic) bond motifs is 1. The first kappa shape index (κ1) is 24.5. The highest BCUT2D eigenvalue weighted by Crippen LogP contribution is 2.55. The molecule has 38 heavy (non-hydrogen) atoms. The van der Waals surface area contributed by atoms with Crippen molar-refractivity contribution in [1.29, 1.82) is 5.26 Å². The van der Waals surface area contributed by atoms with Gasteiger partial charge in [0.25, 0.3) is 11.5 Å². The second-order valence-electron chi connectivity index (χ2n) is 10.7. The van der Waals surface area contributed by atoms with Crippen LogP contribution in [0.15, 0.2) is 35.4 Å². The van der Waals surface area contributed by atoms with Gasteiger partial charge in [0.05, 0.1) is 29.9 Å². The van der Waals surface area contributed by atoms with Gasteiger partial charge >= 0.3 is 0 Å². The zero-order valence-corrected chi connectivity index (χ0v) is 21.2. The van der Waals surface area contributed by atoms with Gasteiger partial charge in [-0.05, 0) is 49.3 Å². The molecule has 1 aliphatic heterocycles. The molecule has 0 aromatic carbocycles. The summed E-state index contributed by atoms with van der Waals surface area (Å²) in [5, 5.41) is 23.6. The second-order valence-corrected chi connectivity index (χ2v) is 10.7. The van der Waals surface area contributed by atoms with Gasteiger partial charge in [0.2, 0.25) is 0 Å². The Hall–Kier alpha value is -3.81. The number of nitrogens with one attached hydrogen (secondary N) is 1. The Balaban J connectivity index is 1.37. The van der Waals surface area contributed by atoms with Crippen LogP contribution in [0.1, 0.15) is 48.0 Å². The molecule has 2 saturated carbocycles. The van der Waals surface area contributed by atoms with E-state index in [9.17, 15) is 14.7 Å². The van der Waals surface area contributed by atoms with Gasteiger partial charge in [0.15, 0.2) is 0 Å². The molecule has 3 fully saturated rings. The second kappa shape index (κ2) is 9.82. The molecule has 10 heteroatoms. The summed E-state index contributed by atoms with van der Waals surface area (Å²) in [6.45, 7) is 3.73. The Kier molecular flexibility index (Phi) is 6.33. The van der Waals surface area contributed by atoms with Gasteiger partial charge in [-0.1, -0.05) is 6.42 Å². The number of hydrogen-bond donors (Lipinski definition) is 2. The van der Waals surface area contributed by atoms with Crippen LogP contribution in [0.4, 0.5) is 0 Å². The van der Waals surface area contributed by atoms with E-state index in [0.29, 0.717) is 59.6 Å². The number of aromatic hydroxyl groups is 1. The Morgan fingerprint density at radius 1 is 1.18 bits per heavy atom. The molecule has 10 nitrogen and oxygen atoms in total. The lowest BCUT2D eigenvalue weighted by Crippen LogP contribution is -2.54. The van der Waals surface area contributed by atoms with Crippen molar-refractivity contribution in [2.45, 2.75) is 44.7 Å². The molecule has 3 aromatic heterocycles. The molecular weight excluding hydrogens is 484 g/mol. The van der Waals surface area contributed by atoms with Gasteiger partial charge < -0.3 is 15.2 Å². The lowest BCUT2D eigenvalue weighted by Gasteiger charge is -2.54. The monoisotopic (exact) mass is 514 g/mol. The van der Waals surface area contributed by atoms with Crippen molar-refractivity contribution in [3.05, 3.63) is 52.1 Å². The third kappa shape index (κ3) is 4.42. The fourth-order valence-electron chi connectivity index (χ4n) is 5.99. The summed E-state index contributed by atoms with van der Waals surface area (Å²) in [6.07, 6.45) is 8.55. The van der Waals surface area contributed by atoms with Crippen molar-refractivity contribution in [3.63, 3.8) is 0 Å². The smallest absolute Gasteiger partial charge is 0.268 e. The van der Waals surface area contributed by atoms with Crippen LogP contribution in [-0.2, 0) is 11.3 Å². The molecule has 6 rings (SSSR count). The molecule has 2 aliphatic carbocycles. The third-order valence-electron chi connectivity index (χ3n) is 8.34. The number of amides is 1. The average molecular weight is 515 g/mol. The summed E-state index contributed by atoms with van der Waals surface area (Å²) in [4.78, 5) is 38.1. The number of ether oxygens (including phenoxy) is 1. The van der Waals surface area contributed by atoms with Crippen LogP contribution in [-0.4, -0.2) is 69.3 Å². The highest BCUT2D eigenvalue weighted by molar-refractivity contribution is 6.02. The molecular formula is C28H30N6O4. The molecule has 0 unspecified atom stereocenters. The van der Waals surface area contributed by atoms with Gasteiger partial charge in [-0.15, -0.1) is 0 Å². The maximum absolute atomic E-state index is 13.6. The number of aromatic nitrogens is 3. The summed E-state index contributed by atoms with van der Waals surface area (Å²) in [5.74, 6) is -0.915. The largest absolute Gasteiger partial charge is 0.506 e. The molecule has 1 amide bonds. The number of carbonyl (C=O) groups excluding carboxylic acids is 1. The molecule has 0 atom stereocenters. The predicted molar refractivity (Wildman–Crippen MR) is 140 cm³/mol. The van der Waals surface area contributed by atoms with Crippen LogP contribution in [0.25, 0.3) is 22.3 Å². The van der Waals surface area contributed by atoms with Crippen molar-refractivity contribution in [1.82, 2.24) is 24.8 Å². The quantitative estimate of drug-likeness (QED) is 0.512. The average Bonchev–Trinajstić information content (AvgIpc) is 2.90. The first-order valence-corrected chi connectivity index (χ1v) is 13.2. The Labute approximate surface area is 219 Å². The number of nitriles is 1. The lowest BCUT2D eigenvalue weighted by atomic mass is 9.54. The van der Waals surface area contributed by atoms with E-state index in [1.165, 1.54) is 30.0 Å². The van der Waals surface area contributed by atoms with E-state index in [0.717, 1.165) is 25.9 Å². The highest BCUT2D eigenvalue weighted by atomic mass is 16.5. The first-order chi connectivity index (χ1) is 18.5. The van der Waals surface area contributed by atoms with Crippen molar-refractivity contribution in [3.8, 4) is 23.1 Å². The maximum Gasteiger partial charge on any atom is 0.268 e. The first-order valence-electron chi connectivity index (χ1n) is 13.2. The number of morpholine rings is 1. The number of hydrogen-bond acceptors (Lipinski definition) is 8. The van der Waals surface area contributed by atoms with Gasteiger partial charge in [0.1, 0.15) is 23.0 Å². The topological polar surface area (TPSA) is 133 Å². The Bertz CT molecular complexity index is 1470. The van der Waals surface area contributed by atoms with Crippen molar-refractivity contribution in [2.24, 2.45) is 5.41 Å². The summed E-state index contributed by atoms with van der Waals surface area (Å²) >= 11 is 0. The minimum absolute atomic E-state index is 0.0198. The van der Waals surface area contributed by atoms with Gasteiger partial charge in [-0.3, -0.25) is 24.0 Å².